The molecule has 0 radical (unpaired) electrons. The molecule has 0 saturated heterocycles. The maximum atomic E-state index is 4.40. The van der Waals surface area contributed by atoms with Gasteiger partial charge in [0.2, 0.25) is 0 Å². The number of imidazole rings is 1. The van der Waals surface area contributed by atoms with Gasteiger partial charge in [0.05, 0.1) is 11.9 Å². The third-order valence-electron chi connectivity index (χ3n) is 2.51. The second-order valence-electron chi connectivity index (χ2n) is 3.49. The molecule has 0 amide bonds. The van der Waals surface area contributed by atoms with E-state index in [-0.39, 0.29) is 0 Å². The smallest absolute Gasteiger partial charge is 0.137 e. The van der Waals surface area contributed by atoms with Crippen molar-refractivity contribution in [3.63, 3.8) is 0 Å². The van der Waals surface area contributed by atoms with Crippen LogP contribution >= 0.6 is 8.58 Å². The summed E-state index contributed by atoms with van der Waals surface area (Å²) < 4.78 is 0. The lowest BCUT2D eigenvalue weighted by molar-refractivity contribution is 1.23. The Morgan fingerprint density at radius 2 is 2.50 bits per heavy atom. The Hall–Kier alpha value is -1.40. The van der Waals surface area contributed by atoms with E-state index in [9.17, 15) is 0 Å². The molecule has 0 aliphatic carbocycles. The summed E-state index contributed by atoms with van der Waals surface area (Å²) in [6.45, 7) is 5.78. The van der Waals surface area contributed by atoms with Crippen LogP contribution in [-0.4, -0.2) is 16.1 Å². The van der Waals surface area contributed by atoms with Gasteiger partial charge in [-0.25, -0.2) is 4.98 Å². The van der Waals surface area contributed by atoms with Gasteiger partial charge in [0, 0.05) is 5.57 Å². The fraction of sp³-hybridized carbons (Fsp3) is 0.154. The van der Waals surface area contributed by atoms with Crippen LogP contribution < -0.4 is 0 Å². The van der Waals surface area contributed by atoms with Gasteiger partial charge in [0.15, 0.2) is 0 Å². The van der Waals surface area contributed by atoms with E-state index in [1.165, 1.54) is 5.57 Å². The van der Waals surface area contributed by atoms with Crippen molar-refractivity contribution >= 4 is 19.7 Å². The van der Waals surface area contributed by atoms with Gasteiger partial charge in [-0.15, -0.1) is 0 Å². The Morgan fingerprint density at radius 1 is 1.62 bits per heavy atom. The van der Waals surface area contributed by atoms with Gasteiger partial charge in [0.1, 0.15) is 5.82 Å². The van der Waals surface area contributed by atoms with Crippen LogP contribution in [0.25, 0.3) is 11.1 Å². The molecule has 1 aliphatic heterocycles. The normalized spacial score (nSPS) is 17.6. The first-order valence-corrected chi connectivity index (χ1v) is 6.58. The molecule has 1 unspecified atom stereocenters. The minimum Gasteiger partial charge on any atom is -0.338 e. The number of nitrogens with zero attached hydrogens (tertiary/aromatic N) is 1. The van der Waals surface area contributed by atoms with E-state index in [1.54, 1.807) is 0 Å². The number of hydrogen-bond donors (Lipinski definition) is 1. The minimum absolute atomic E-state index is 0.909. The van der Waals surface area contributed by atoms with E-state index < -0.39 is 0 Å². The monoisotopic (exact) mass is 230 g/mol. The van der Waals surface area contributed by atoms with Gasteiger partial charge >= 0.3 is 0 Å². The second kappa shape index (κ2) is 5.09. The van der Waals surface area contributed by atoms with Crippen molar-refractivity contribution in [2.45, 2.75) is 6.92 Å². The van der Waals surface area contributed by atoms with Crippen molar-refractivity contribution in [3.8, 4) is 0 Å². The highest BCUT2D eigenvalue weighted by atomic mass is 31.1. The van der Waals surface area contributed by atoms with E-state index in [4.69, 9.17) is 0 Å². The van der Waals surface area contributed by atoms with Gasteiger partial charge < -0.3 is 4.98 Å². The summed E-state index contributed by atoms with van der Waals surface area (Å²) in [6, 6.07) is 0. The van der Waals surface area contributed by atoms with Crippen LogP contribution in [0.15, 0.2) is 42.9 Å². The molecule has 16 heavy (non-hydrogen) atoms. The number of hydrogen-bond acceptors (Lipinski definition) is 1. The predicted molar refractivity (Wildman–Crippen MR) is 72.7 cm³/mol. The maximum absolute atomic E-state index is 4.40. The number of H-pyrrole nitrogens is 1. The molecule has 3 heteroatoms. The Balaban J connectivity index is 2.29. The SMILES string of the molecule is C=C/C(=C\C)c1cnc(C2=CCPC=C2)[nH]1. The van der Waals surface area contributed by atoms with Crippen molar-refractivity contribution in [2.75, 3.05) is 6.16 Å². The third-order valence-corrected chi connectivity index (χ3v) is 3.35. The zero-order valence-electron chi connectivity index (χ0n) is 9.33. The molecule has 1 aliphatic rings. The predicted octanol–water partition coefficient (Wildman–Crippen LogP) is 3.59. The van der Waals surface area contributed by atoms with Crippen LogP contribution in [0.5, 0.6) is 0 Å². The molecule has 2 rings (SSSR count). The van der Waals surface area contributed by atoms with Crippen molar-refractivity contribution in [3.05, 3.63) is 54.4 Å². The number of nitrogens with one attached hydrogen (secondary N) is 1. The van der Waals surface area contributed by atoms with E-state index in [1.807, 2.05) is 25.3 Å². The van der Waals surface area contributed by atoms with Crippen molar-refractivity contribution in [1.29, 1.82) is 0 Å². The highest BCUT2D eigenvalue weighted by molar-refractivity contribution is 7.42. The zero-order valence-corrected chi connectivity index (χ0v) is 10.3. The number of allylic oxidation sites excluding steroid dienone is 6. The Morgan fingerprint density at radius 3 is 3.12 bits per heavy atom. The molecule has 0 bridgehead atoms. The highest BCUT2D eigenvalue weighted by Crippen LogP contribution is 2.25. The molecule has 0 aromatic carbocycles. The minimum atomic E-state index is 0.909. The van der Waals surface area contributed by atoms with Crippen LogP contribution in [0, 0.1) is 0 Å². The lowest BCUT2D eigenvalue weighted by Crippen LogP contribution is -1.88. The van der Waals surface area contributed by atoms with Crippen LogP contribution in [0.1, 0.15) is 18.4 Å². The Bertz CT molecular complexity index is 478. The Labute approximate surface area is 97.7 Å². The zero-order chi connectivity index (χ0) is 11.4. The number of rotatable bonds is 3. The first-order chi connectivity index (χ1) is 7.85. The average Bonchev–Trinajstić information content (AvgIpc) is 2.81. The molecule has 2 heterocycles. The first-order valence-electron chi connectivity index (χ1n) is 5.29. The van der Waals surface area contributed by atoms with Crippen LogP contribution in [0.2, 0.25) is 0 Å². The lowest BCUT2D eigenvalue weighted by atomic mass is 10.2. The van der Waals surface area contributed by atoms with E-state index >= 15 is 0 Å². The molecule has 82 valence electrons. The van der Waals surface area contributed by atoms with Crippen LogP contribution in [0.4, 0.5) is 0 Å². The quantitative estimate of drug-likeness (QED) is 0.624. The summed E-state index contributed by atoms with van der Waals surface area (Å²) in [4.78, 5) is 7.71. The molecular formula is C13H15N2P. The number of aromatic nitrogens is 2. The van der Waals surface area contributed by atoms with Crippen LogP contribution in [-0.2, 0) is 0 Å². The topological polar surface area (TPSA) is 28.7 Å². The van der Waals surface area contributed by atoms with E-state index in [0.29, 0.717) is 0 Å². The molecule has 1 aromatic heterocycles. The summed E-state index contributed by atoms with van der Waals surface area (Å²) >= 11 is 0. The summed E-state index contributed by atoms with van der Waals surface area (Å²) in [5, 5.41) is 0. The largest absolute Gasteiger partial charge is 0.338 e. The molecule has 1 N–H and O–H groups in total. The summed E-state index contributed by atoms with van der Waals surface area (Å²) in [7, 11) is 0.909. The summed E-state index contributed by atoms with van der Waals surface area (Å²) in [6.07, 6.45) is 11.2. The summed E-state index contributed by atoms with van der Waals surface area (Å²) in [5.41, 5.74) is 3.29. The standard InChI is InChI=1S/C13H15N2P/c1-3-10(4-2)12-9-14-13(15-12)11-5-7-16-8-6-11/h3-7,9,16H,1,8H2,2H3,(H,14,15)/b10-4+. The fourth-order valence-electron chi connectivity index (χ4n) is 1.63. The van der Waals surface area contributed by atoms with Crippen molar-refractivity contribution < 1.29 is 0 Å². The fourth-order valence-corrected chi connectivity index (χ4v) is 2.40. The van der Waals surface area contributed by atoms with Gasteiger partial charge in [-0.05, 0) is 18.7 Å². The first kappa shape index (κ1) is 11.1. The molecule has 2 nitrogen and oxygen atoms in total. The summed E-state index contributed by atoms with van der Waals surface area (Å²) in [5.74, 6) is 3.15. The van der Waals surface area contributed by atoms with Crippen molar-refractivity contribution in [1.82, 2.24) is 9.97 Å². The van der Waals surface area contributed by atoms with Gasteiger partial charge in [0.25, 0.3) is 0 Å². The number of aromatic amines is 1. The molecule has 0 spiro atoms. The third kappa shape index (κ3) is 2.23. The van der Waals surface area contributed by atoms with Gasteiger partial charge in [-0.1, -0.05) is 45.3 Å². The lowest BCUT2D eigenvalue weighted by Gasteiger charge is -2.03. The van der Waals surface area contributed by atoms with Gasteiger partial charge in [-0.3, -0.25) is 0 Å². The Kier molecular flexibility index (Phi) is 3.53. The van der Waals surface area contributed by atoms with Crippen molar-refractivity contribution in [2.24, 2.45) is 0 Å². The maximum Gasteiger partial charge on any atom is 0.137 e. The average molecular weight is 230 g/mol. The molecule has 0 fully saturated rings. The van der Waals surface area contributed by atoms with Crippen LogP contribution in [0.3, 0.4) is 0 Å². The van der Waals surface area contributed by atoms with Gasteiger partial charge in [-0.2, -0.15) is 0 Å². The second-order valence-corrected chi connectivity index (χ2v) is 4.64. The molecular weight excluding hydrogens is 215 g/mol. The van der Waals surface area contributed by atoms with E-state index in [0.717, 1.165) is 31.8 Å². The molecule has 0 saturated carbocycles. The molecule has 1 aromatic rings. The highest BCUT2D eigenvalue weighted by Gasteiger charge is 2.06. The van der Waals surface area contributed by atoms with E-state index in [2.05, 4.69) is 34.5 Å². The molecule has 1 atom stereocenters.